The van der Waals surface area contributed by atoms with Crippen LogP contribution in [0.2, 0.25) is 0 Å². The van der Waals surface area contributed by atoms with Gasteiger partial charge in [-0.05, 0) is 42.7 Å². The van der Waals surface area contributed by atoms with E-state index in [9.17, 15) is 37.8 Å². The molecular formula is C24H29N3O8S. The Labute approximate surface area is 209 Å². The van der Waals surface area contributed by atoms with Gasteiger partial charge in [-0.3, -0.25) is 14.5 Å². The fourth-order valence-corrected chi connectivity index (χ4v) is 4.19. The average molecular weight is 520 g/mol. The second kappa shape index (κ2) is 12.8. The Kier molecular flexibility index (Phi) is 10.1. The number of nitrogens with zero attached hydrogens (tertiary/aromatic N) is 1. The number of para-hydroxylation sites is 1. The minimum Gasteiger partial charge on any atom is -0.478 e. The summed E-state index contributed by atoms with van der Waals surface area (Å²) in [6.07, 6.45) is 3.58. The lowest BCUT2D eigenvalue weighted by Gasteiger charge is -2.23. The van der Waals surface area contributed by atoms with Crippen LogP contribution in [-0.4, -0.2) is 61.2 Å². The van der Waals surface area contributed by atoms with Gasteiger partial charge < -0.3 is 15.5 Å². The van der Waals surface area contributed by atoms with E-state index in [1.165, 1.54) is 48.5 Å². The van der Waals surface area contributed by atoms with Crippen molar-refractivity contribution in [1.82, 2.24) is 10.0 Å². The summed E-state index contributed by atoms with van der Waals surface area (Å²) in [4.78, 5) is 48.9. The second-order valence-corrected chi connectivity index (χ2v) is 9.86. The monoisotopic (exact) mass is 519 g/mol. The van der Waals surface area contributed by atoms with Gasteiger partial charge in [0, 0.05) is 12.2 Å². The SMILES string of the molecule is CCCCCNC(=O)[C@H](Cc1ccc(N(C(=O)C(=O)O)c2ccccc2C(=O)O)cc1)NS(C)(=O)=O. The summed E-state index contributed by atoms with van der Waals surface area (Å²) in [5.74, 6) is -4.97. The number of hydrogen-bond donors (Lipinski definition) is 4. The lowest BCUT2D eigenvalue weighted by Crippen LogP contribution is -2.47. The predicted octanol–water partition coefficient (Wildman–Crippen LogP) is 1.90. The molecule has 12 heteroatoms. The number of sulfonamides is 1. The van der Waals surface area contributed by atoms with Crippen molar-refractivity contribution in [3.05, 3.63) is 59.7 Å². The molecule has 2 aromatic rings. The molecule has 0 aliphatic carbocycles. The Bertz CT molecular complexity index is 1210. The number of carbonyl (C=O) groups is 4. The van der Waals surface area contributed by atoms with Crippen LogP contribution in [0.4, 0.5) is 11.4 Å². The molecule has 2 rings (SSSR count). The fourth-order valence-electron chi connectivity index (χ4n) is 3.48. The Hall–Kier alpha value is -3.77. The first-order chi connectivity index (χ1) is 16.9. The van der Waals surface area contributed by atoms with Crippen molar-refractivity contribution in [3.63, 3.8) is 0 Å². The topological polar surface area (TPSA) is 170 Å². The Balaban J connectivity index is 2.34. The summed E-state index contributed by atoms with van der Waals surface area (Å²) in [5, 5.41) is 21.5. The fraction of sp³-hybridized carbons (Fsp3) is 0.333. The third kappa shape index (κ3) is 8.17. The number of carboxylic acids is 2. The van der Waals surface area contributed by atoms with E-state index in [2.05, 4.69) is 10.0 Å². The molecule has 0 aliphatic heterocycles. The molecule has 0 radical (unpaired) electrons. The first-order valence-electron chi connectivity index (χ1n) is 11.2. The minimum atomic E-state index is -3.70. The van der Waals surface area contributed by atoms with Gasteiger partial charge in [-0.2, -0.15) is 0 Å². The third-order valence-electron chi connectivity index (χ3n) is 5.15. The van der Waals surface area contributed by atoms with Crippen LogP contribution in [0.5, 0.6) is 0 Å². The molecule has 4 N–H and O–H groups in total. The van der Waals surface area contributed by atoms with Gasteiger partial charge in [0.2, 0.25) is 15.9 Å². The van der Waals surface area contributed by atoms with Crippen molar-refractivity contribution in [2.45, 2.75) is 38.6 Å². The summed E-state index contributed by atoms with van der Waals surface area (Å²) in [6, 6.07) is 10.2. The summed E-state index contributed by atoms with van der Waals surface area (Å²) in [5.41, 5.74) is 0.205. The average Bonchev–Trinajstić information content (AvgIpc) is 2.81. The first-order valence-corrected chi connectivity index (χ1v) is 13.1. The Morgan fingerprint density at radius 2 is 1.61 bits per heavy atom. The highest BCUT2D eigenvalue weighted by Gasteiger charge is 2.28. The van der Waals surface area contributed by atoms with Gasteiger partial charge in [-0.1, -0.05) is 44.0 Å². The van der Waals surface area contributed by atoms with Crippen molar-refractivity contribution in [2.75, 3.05) is 17.7 Å². The molecule has 0 unspecified atom stereocenters. The number of carboxylic acid groups (broad SMARTS) is 2. The molecule has 0 saturated heterocycles. The number of benzene rings is 2. The van der Waals surface area contributed by atoms with Gasteiger partial charge >= 0.3 is 17.8 Å². The van der Waals surface area contributed by atoms with Crippen LogP contribution in [0.3, 0.4) is 0 Å². The van der Waals surface area contributed by atoms with Crippen molar-refractivity contribution < 1.29 is 37.8 Å². The van der Waals surface area contributed by atoms with Crippen LogP contribution in [0, 0.1) is 0 Å². The number of rotatable bonds is 12. The zero-order chi connectivity index (χ0) is 26.9. The number of anilines is 2. The number of aromatic carboxylic acids is 1. The smallest absolute Gasteiger partial charge is 0.395 e. The summed E-state index contributed by atoms with van der Waals surface area (Å²) < 4.78 is 25.9. The third-order valence-corrected chi connectivity index (χ3v) is 5.86. The van der Waals surface area contributed by atoms with Crippen LogP contribution in [0.25, 0.3) is 0 Å². The van der Waals surface area contributed by atoms with Gasteiger partial charge in [0.15, 0.2) is 0 Å². The van der Waals surface area contributed by atoms with Crippen LogP contribution < -0.4 is 14.9 Å². The Morgan fingerprint density at radius 1 is 0.972 bits per heavy atom. The van der Waals surface area contributed by atoms with E-state index < -0.39 is 39.8 Å². The van der Waals surface area contributed by atoms with Crippen LogP contribution in [0.15, 0.2) is 48.5 Å². The van der Waals surface area contributed by atoms with E-state index in [0.29, 0.717) is 12.1 Å². The zero-order valence-electron chi connectivity index (χ0n) is 19.9. The van der Waals surface area contributed by atoms with Crippen molar-refractivity contribution in [3.8, 4) is 0 Å². The largest absolute Gasteiger partial charge is 0.478 e. The molecule has 0 spiro atoms. The molecule has 0 heterocycles. The summed E-state index contributed by atoms with van der Waals surface area (Å²) in [7, 11) is -3.70. The summed E-state index contributed by atoms with van der Waals surface area (Å²) in [6.45, 7) is 2.42. The van der Waals surface area contributed by atoms with Gasteiger partial charge in [0.25, 0.3) is 0 Å². The highest BCUT2D eigenvalue weighted by molar-refractivity contribution is 7.88. The quantitative estimate of drug-likeness (QED) is 0.243. The molecule has 0 saturated carbocycles. The van der Waals surface area contributed by atoms with E-state index in [4.69, 9.17) is 0 Å². The number of hydrogen-bond acceptors (Lipinski definition) is 6. The van der Waals surface area contributed by atoms with Crippen LogP contribution in [0.1, 0.15) is 42.1 Å². The van der Waals surface area contributed by atoms with Gasteiger partial charge in [0.1, 0.15) is 6.04 Å². The van der Waals surface area contributed by atoms with Crippen molar-refractivity contribution >= 4 is 45.2 Å². The molecule has 11 nitrogen and oxygen atoms in total. The van der Waals surface area contributed by atoms with E-state index in [1.54, 1.807) is 0 Å². The summed E-state index contributed by atoms with van der Waals surface area (Å²) >= 11 is 0. The molecule has 0 aromatic heterocycles. The second-order valence-electron chi connectivity index (χ2n) is 8.08. The minimum absolute atomic E-state index is 0.00838. The number of carbonyl (C=O) groups excluding carboxylic acids is 2. The number of unbranched alkanes of at least 4 members (excludes halogenated alkanes) is 2. The molecule has 0 fully saturated rings. The van der Waals surface area contributed by atoms with E-state index >= 15 is 0 Å². The highest BCUT2D eigenvalue weighted by atomic mass is 32.2. The molecule has 2 aromatic carbocycles. The van der Waals surface area contributed by atoms with Crippen LogP contribution >= 0.6 is 0 Å². The maximum absolute atomic E-state index is 12.6. The molecular weight excluding hydrogens is 490 g/mol. The Morgan fingerprint density at radius 3 is 2.17 bits per heavy atom. The van der Waals surface area contributed by atoms with Crippen molar-refractivity contribution in [1.29, 1.82) is 0 Å². The van der Waals surface area contributed by atoms with Gasteiger partial charge in [-0.15, -0.1) is 0 Å². The normalized spacial score (nSPS) is 11.9. The maximum Gasteiger partial charge on any atom is 0.395 e. The van der Waals surface area contributed by atoms with Gasteiger partial charge in [0.05, 0.1) is 17.5 Å². The molecule has 1 atom stereocenters. The molecule has 0 bridgehead atoms. The van der Waals surface area contributed by atoms with E-state index in [0.717, 1.165) is 30.4 Å². The standard InChI is InChI=1S/C24H29N3O8S/c1-3-4-7-14-25-21(28)19(26-36(2,34)35)15-16-10-12-17(13-11-16)27(22(29)24(32)33)20-9-6-5-8-18(20)23(30)31/h5-6,8-13,19,26H,3-4,7,14-15H2,1-2H3,(H,25,28)(H,30,31)(H,32,33)/t19-/m0/s1. The van der Waals surface area contributed by atoms with Crippen molar-refractivity contribution in [2.24, 2.45) is 0 Å². The molecule has 194 valence electrons. The lowest BCUT2D eigenvalue weighted by molar-refractivity contribution is -0.148. The lowest BCUT2D eigenvalue weighted by atomic mass is 10.0. The van der Waals surface area contributed by atoms with E-state index in [-0.39, 0.29) is 23.4 Å². The molecule has 2 amide bonds. The number of amides is 2. The van der Waals surface area contributed by atoms with Crippen LogP contribution in [-0.2, 0) is 30.8 Å². The number of aliphatic carboxylic acids is 1. The predicted molar refractivity (Wildman–Crippen MR) is 133 cm³/mol. The zero-order valence-corrected chi connectivity index (χ0v) is 20.7. The molecule has 0 aliphatic rings. The maximum atomic E-state index is 12.6. The molecule has 36 heavy (non-hydrogen) atoms. The van der Waals surface area contributed by atoms with E-state index in [1.807, 2.05) is 6.92 Å². The first kappa shape index (κ1) is 28.5. The highest BCUT2D eigenvalue weighted by Crippen LogP contribution is 2.29. The van der Waals surface area contributed by atoms with Gasteiger partial charge in [-0.25, -0.2) is 22.7 Å². The number of nitrogens with one attached hydrogen (secondary N) is 2.